The van der Waals surface area contributed by atoms with E-state index in [1.807, 2.05) is 25.6 Å². The van der Waals surface area contributed by atoms with Gasteiger partial charge in [-0.15, -0.1) is 0 Å². The van der Waals surface area contributed by atoms with Crippen molar-refractivity contribution in [1.29, 1.82) is 0 Å². The molecule has 2 rings (SSSR count). The first-order chi connectivity index (χ1) is 8.65. The fourth-order valence-electron chi connectivity index (χ4n) is 1.91. The lowest BCUT2D eigenvalue weighted by Gasteiger charge is -2.23. The van der Waals surface area contributed by atoms with Crippen LogP contribution in [0.5, 0.6) is 0 Å². The molecular weight excluding hydrogens is 250 g/mol. The summed E-state index contributed by atoms with van der Waals surface area (Å²) in [5, 5.41) is 6.26. The molecule has 1 aromatic heterocycles. The van der Waals surface area contributed by atoms with E-state index in [1.54, 1.807) is 6.20 Å². The quantitative estimate of drug-likeness (QED) is 0.861. The van der Waals surface area contributed by atoms with Crippen LogP contribution in [0.4, 0.5) is 0 Å². The fraction of sp³-hybridized carbons (Fsp3) is 0.667. The van der Waals surface area contributed by atoms with Crippen LogP contribution < -0.4 is 10.6 Å². The van der Waals surface area contributed by atoms with Gasteiger partial charge in [-0.1, -0.05) is 0 Å². The summed E-state index contributed by atoms with van der Waals surface area (Å²) in [6, 6.07) is 0.102. The third-order valence-electron chi connectivity index (χ3n) is 2.82. The highest BCUT2D eigenvalue weighted by atomic mass is 32.2. The molecule has 0 radical (unpaired) electrons. The van der Waals surface area contributed by atoms with Crippen LogP contribution in [0.1, 0.15) is 31.0 Å². The summed E-state index contributed by atoms with van der Waals surface area (Å²) in [6.45, 7) is 4.71. The van der Waals surface area contributed by atoms with Crippen LogP contribution >= 0.6 is 11.8 Å². The van der Waals surface area contributed by atoms with Crippen LogP contribution in [0.3, 0.4) is 0 Å². The maximum Gasteiger partial charge on any atom is 0.222 e. The van der Waals surface area contributed by atoms with Gasteiger partial charge in [0.25, 0.3) is 0 Å². The van der Waals surface area contributed by atoms with Gasteiger partial charge in [-0.25, -0.2) is 4.98 Å². The number of aromatic nitrogens is 1. The van der Waals surface area contributed by atoms with Crippen LogP contribution in [0.25, 0.3) is 0 Å². The zero-order chi connectivity index (χ0) is 13.0. The lowest BCUT2D eigenvalue weighted by atomic mass is 10.2. The zero-order valence-corrected chi connectivity index (χ0v) is 11.5. The van der Waals surface area contributed by atoms with Crippen LogP contribution in [0.2, 0.25) is 0 Å². The van der Waals surface area contributed by atoms with E-state index in [2.05, 4.69) is 15.6 Å². The number of hydrogen-bond acceptors (Lipinski definition) is 5. The molecule has 1 fully saturated rings. The minimum absolute atomic E-state index is 0.0401. The van der Waals surface area contributed by atoms with Crippen LogP contribution in [-0.4, -0.2) is 35.0 Å². The second-order valence-electron chi connectivity index (χ2n) is 4.53. The molecule has 0 aromatic carbocycles. The Morgan fingerprint density at radius 2 is 2.61 bits per heavy atom. The molecule has 1 aliphatic rings. The van der Waals surface area contributed by atoms with Gasteiger partial charge in [0.2, 0.25) is 11.8 Å². The van der Waals surface area contributed by atoms with Crippen molar-refractivity contribution < 1.29 is 9.21 Å². The summed E-state index contributed by atoms with van der Waals surface area (Å²) in [5.41, 5.74) is 0. The molecular formula is C12H19N3O2S. The number of aryl methyl sites for hydroxylation is 1. The number of carbonyl (C=O) groups excluding carboxylic acids is 1. The molecule has 18 heavy (non-hydrogen) atoms. The van der Waals surface area contributed by atoms with E-state index in [4.69, 9.17) is 4.42 Å². The summed E-state index contributed by atoms with van der Waals surface area (Å²) >= 11 is 1.89. The molecule has 1 aliphatic heterocycles. The molecule has 0 saturated carbocycles. The molecule has 100 valence electrons. The molecule has 0 aliphatic carbocycles. The van der Waals surface area contributed by atoms with Crippen molar-refractivity contribution in [3.05, 3.63) is 17.8 Å². The molecule has 2 unspecified atom stereocenters. The van der Waals surface area contributed by atoms with E-state index in [-0.39, 0.29) is 18.0 Å². The third kappa shape index (κ3) is 3.74. The first-order valence-electron chi connectivity index (χ1n) is 6.18. The first-order valence-corrected chi connectivity index (χ1v) is 7.33. The Bertz CT molecular complexity index is 402. The summed E-state index contributed by atoms with van der Waals surface area (Å²) in [7, 11) is 0. The van der Waals surface area contributed by atoms with Gasteiger partial charge in [-0.3, -0.25) is 4.79 Å². The Morgan fingerprint density at radius 1 is 1.78 bits per heavy atom. The number of hydrogen-bond donors (Lipinski definition) is 2. The zero-order valence-electron chi connectivity index (χ0n) is 10.7. The number of oxazole rings is 1. The number of amides is 1. The largest absolute Gasteiger partial charge is 0.444 e. The maximum atomic E-state index is 11.9. The third-order valence-corrected chi connectivity index (χ3v) is 3.95. The number of rotatable bonds is 4. The van der Waals surface area contributed by atoms with Crippen molar-refractivity contribution in [2.45, 2.75) is 32.4 Å². The van der Waals surface area contributed by atoms with Crippen molar-refractivity contribution in [2.75, 3.05) is 18.1 Å². The molecule has 6 heteroatoms. The minimum Gasteiger partial charge on any atom is -0.444 e. The van der Waals surface area contributed by atoms with Crippen molar-refractivity contribution in [3.8, 4) is 0 Å². The second-order valence-corrected chi connectivity index (χ2v) is 5.68. The number of thioether (sulfide) groups is 1. The summed E-state index contributed by atoms with van der Waals surface area (Å²) in [6.07, 6.45) is 2.17. The maximum absolute atomic E-state index is 11.9. The van der Waals surface area contributed by atoms with Crippen molar-refractivity contribution in [2.24, 2.45) is 0 Å². The summed E-state index contributed by atoms with van der Waals surface area (Å²) < 4.78 is 5.39. The van der Waals surface area contributed by atoms with Gasteiger partial charge in [0.1, 0.15) is 11.8 Å². The van der Waals surface area contributed by atoms with E-state index in [0.29, 0.717) is 12.3 Å². The number of carbonyl (C=O) groups is 1. The van der Waals surface area contributed by atoms with E-state index in [0.717, 1.165) is 23.8 Å². The minimum atomic E-state index is -0.178. The molecule has 0 bridgehead atoms. The molecule has 2 atom stereocenters. The topological polar surface area (TPSA) is 67.2 Å². The van der Waals surface area contributed by atoms with Gasteiger partial charge in [0, 0.05) is 30.5 Å². The van der Waals surface area contributed by atoms with Gasteiger partial charge in [-0.2, -0.15) is 11.8 Å². The Labute approximate surface area is 111 Å². The van der Waals surface area contributed by atoms with Crippen LogP contribution in [0, 0.1) is 6.92 Å². The van der Waals surface area contributed by atoms with Gasteiger partial charge < -0.3 is 15.1 Å². The van der Waals surface area contributed by atoms with E-state index in [1.165, 1.54) is 0 Å². The van der Waals surface area contributed by atoms with Crippen molar-refractivity contribution >= 4 is 17.7 Å². The standard InChI is InChI=1S/C12H19N3O2S/c1-8-6-14-12(17-8)9(2)15-11(16)5-10-7-18-4-3-13-10/h6,9-10,13H,3-5,7H2,1-2H3,(H,15,16). The highest BCUT2D eigenvalue weighted by Crippen LogP contribution is 2.14. The first kappa shape index (κ1) is 13.4. The average molecular weight is 269 g/mol. The lowest BCUT2D eigenvalue weighted by molar-refractivity contribution is -0.122. The summed E-state index contributed by atoms with van der Waals surface area (Å²) in [5.74, 6) is 3.49. The molecule has 1 amide bonds. The highest BCUT2D eigenvalue weighted by molar-refractivity contribution is 7.99. The Kier molecular flexibility index (Phi) is 4.66. The monoisotopic (exact) mass is 269 g/mol. The molecule has 1 saturated heterocycles. The van der Waals surface area contributed by atoms with Gasteiger partial charge in [0.05, 0.1) is 6.20 Å². The number of nitrogens with zero attached hydrogens (tertiary/aromatic N) is 1. The Morgan fingerprint density at radius 3 is 3.22 bits per heavy atom. The summed E-state index contributed by atoms with van der Waals surface area (Å²) in [4.78, 5) is 16.0. The van der Waals surface area contributed by atoms with Crippen molar-refractivity contribution in [3.63, 3.8) is 0 Å². The van der Waals surface area contributed by atoms with Gasteiger partial charge in [-0.05, 0) is 13.8 Å². The normalized spacial score (nSPS) is 21.6. The smallest absolute Gasteiger partial charge is 0.222 e. The van der Waals surface area contributed by atoms with Gasteiger partial charge in [0.15, 0.2) is 0 Å². The fourth-order valence-corrected chi connectivity index (χ4v) is 2.86. The predicted molar refractivity (Wildman–Crippen MR) is 71.5 cm³/mol. The van der Waals surface area contributed by atoms with Crippen LogP contribution in [0.15, 0.2) is 10.6 Å². The molecule has 0 spiro atoms. The lowest BCUT2D eigenvalue weighted by Crippen LogP contribution is -2.41. The predicted octanol–water partition coefficient (Wildman–Crippen LogP) is 1.26. The van der Waals surface area contributed by atoms with E-state index >= 15 is 0 Å². The van der Waals surface area contributed by atoms with E-state index in [9.17, 15) is 4.79 Å². The molecule has 1 aromatic rings. The SMILES string of the molecule is Cc1cnc(C(C)NC(=O)CC2CSCCN2)o1. The molecule has 5 nitrogen and oxygen atoms in total. The number of nitrogens with one attached hydrogen (secondary N) is 2. The van der Waals surface area contributed by atoms with Crippen molar-refractivity contribution in [1.82, 2.24) is 15.6 Å². The molecule has 2 N–H and O–H groups in total. The molecule has 2 heterocycles. The van der Waals surface area contributed by atoms with Gasteiger partial charge >= 0.3 is 0 Å². The van der Waals surface area contributed by atoms with Crippen LogP contribution in [-0.2, 0) is 4.79 Å². The Hall–Kier alpha value is -1.01. The highest BCUT2D eigenvalue weighted by Gasteiger charge is 2.19. The Balaban J connectivity index is 1.79. The second kappa shape index (κ2) is 6.24. The average Bonchev–Trinajstić information content (AvgIpc) is 2.77. The van der Waals surface area contributed by atoms with E-state index < -0.39 is 0 Å².